The van der Waals surface area contributed by atoms with Gasteiger partial charge in [-0.2, -0.15) is 0 Å². The van der Waals surface area contributed by atoms with E-state index in [0.29, 0.717) is 5.02 Å². The van der Waals surface area contributed by atoms with E-state index >= 15 is 0 Å². The fraction of sp³-hybridized carbons (Fsp3) is 0.0833. The van der Waals surface area contributed by atoms with Crippen molar-refractivity contribution in [1.29, 1.82) is 0 Å². The molecule has 15 heavy (non-hydrogen) atoms. The number of benzene rings is 1. The van der Waals surface area contributed by atoms with Crippen LogP contribution >= 0.6 is 11.6 Å². The third-order valence-corrected chi connectivity index (χ3v) is 2.35. The minimum Gasteiger partial charge on any atom is -0.392 e. The third kappa shape index (κ3) is 2.35. The van der Waals surface area contributed by atoms with E-state index in [1.54, 1.807) is 18.5 Å². The van der Waals surface area contributed by atoms with Crippen LogP contribution < -0.4 is 0 Å². The fourth-order valence-corrected chi connectivity index (χ4v) is 1.70. The molecule has 0 amide bonds. The first-order valence-corrected chi connectivity index (χ1v) is 4.98. The Labute approximate surface area is 93.2 Å². The second-order valence-corrected chi connectivity index (χ2v) is 3.68. The highest BCUT2D eigenvalue weighted by Gasteiger charge is 2.01. The number of halogens is 1. The molecule has 0 aliphatic carbocycles. The lowest BCUT2D eigenvalue weighted by molar-refractivity contribution is 0.282. The highest BCUT2D eigenvalue weighted by molar-refractivity contribution is 6.30. The number of hydrogen-bond acceptors (Lipinski definition) is 2. The molecule has 0 atom stereocenters. The Morgan fingerprint density at radius 3 is 2.73 bits per heavy atom. The third-order valence-electron chi connectivity index (χ3n) is 2.14. The zero-order chi connectivity index (χ0) is 10.7. The van der Waals surface area contributed by atoms with Crippen LogP contribution in [0.2, 0.25) is 5.02 Å². The molecule has 0 fully saturated rings. The van der Waals surface area contributed by atoms with E-state index < -0.39 is 0 Å². The molecule has 2 aromatic rings. The molecule has 2 nitrogen and oxygen atoms in total. The van der Waals surface area contributed by atoms with E-state index in [0.717, 1.165) is 16.7 Å². The van der Waals surface area contributed by atoms with Crippen LogP contribution in [0, 0.1) is 0 Å². The van der Waals surface area contributed by atoms with Gasteiger partial charge in [-0.3, -0.25) is 4.98 Å². The summed E-state index contributed by atoms with van der Waals surface area (Å²) in [6.07, 6.45) is 3.49. The maximum absolute atomic E-state index is 9.06. The van der Waals surface area contributed by atoms with Gasteiger partial charge in [0.2, 0.25) is 0 Å². The van der Waals surface area contributed by atoms with Gasteiger partial charge >= 0.3 is 0 Å². The summed E-state index contributed by atoms with van der Waals surface area (Å²) in [5.41, 5.74) is 2.77. The maximum Gasteiger partial charge on any atom is 0.0682 e. The molecule has 0 radical (unpaired) electrons. The zero-order valence-electron chi connectivity index (χ0n) is 8.02. The molecule has 1 aromatic heterocycles. The van der Waals surface area contributed by atoms with E-state index in [4.69, 9.17) is 16.7 Å². The predicted molar refractivity (Wildman–Crippen MR) is 60.6 cm³/mol. The van der Waals surface area contributed by atoms with Crippen molar-refractivity contribution in [3.63, 3.8) is 0 Å². The summed E-state index contributed by atoms with van der Waals surface area (Å²) in [7, 11) is 0. The number of rotatable bonds is 2. The second-order valence-electron chi connectivity index (χ2n) is 3.25. The molecule has 0 spiro atoms. The lowest BCUT2D eigenvalue weighted by Gasteiger charge is -2.04. The van der Waals surface area contributed by atoms with Crippen molar-refractivity contribution < 1.29 is 5.11 Å². The number of aliphatic hydroxyl groups excluding tert-OH is 1. The largest absolute Gasteiger partial charge is 0.392 e. The molecule has 3 heteroatoms. The van der Waals surface area contributed by atoms with Gasteiger partial charge in [0, 0.05) is 23.0 Å². The van der Waals surface area contributed by atoms with Crippen LogP contribution in [0.15, 0.2) is 42.7 Å². The molecular weight excluding hydrogens is 210 g/mol. The smallest absolute Gasteiger partial charge is 0.0682 e. The highest BCUT2D eigenvalue weighted by Crippen LogP contribution is 2.24. The van der Waals surface area contributed by atoms with Gasteiger partial charge in [-0.05, 0) is 35.4 Å². The van der Waals surface area contributed by atoms with E-state index in [-0.39, 0.29) is 6.61 Å². The summed E-state index contributed by atoms with van der Waals surface area (Å²) in [4.78, 5) is 4.04. The van der Waals surface area contributed by atoms with Crippen LogP contribution in [-0.2, 0) is 6.61 Å². The van der Waals surface area contributed by atoms with Crippen molar-refractivity contribution >= 4 is 11.6 Å². The first-order valence-electron chi connectivity index (χ1n) is 4.60. The van der Waals surface area contributed by atoms with Crippen molar-refractivity contribution in [2.75, 3.05) is 0 Å². The Balaban J connectivity index is 2.49. The van der Waals surface area contributed by atoms with Gasteiger partial charge in [0.1, 0.15) is 0 Å². The van der Waals surface area contributed by atoms with Crippen molar-refractivity contribution in [3.05, 3.63) is 53.3 Å². The molecule has 0 aliphatic heterocycles. The highest BCUT2D eigenvalue weighted by atomic mass is 35.5. The van der Waals surface area contributed by atoms with Gasteiger partial charge in [-0.1, -0.05) is 17.7 Å². The summed E-state index contributed by atoms with van der Waals surface area (Å²) >= 11 is 5.95. The topological polar surface area (TPSA) is 33.1 Å². The second kappa shape index (κ2) is 4.43. The standard InChI is InChI=1S/C12H10ClNO/c13-12-5-9(8-15)4-11(6-12)10-2-1-3-14-7-10/h1-7,15H,8H2. The van der Waals surface area contributed by atoms with E-state index in [2.05, 4.69) is 4.98 Å². The molecule has 0 unspecified atom stereocenters. The first kappa shape index (κ1) is 10.1. The summed E-state index contributed by atoms with van der Waals surface area (Å²) < 4.78 is 0. The summed E-state index contributed by atoms with van der Waals surface area (Å²) in [6, 6.07) is 9.34. The molecule has 0 bridgehead atoms. The van der Waals surface area contributed by atoms with Crippen LogP contribution in [0.3, 0.4) is 0 Å². The van der Waals surface area contributed by atoms with Gasteiger partial charge in [0.15, 0.2) is 0 Å². The molecule has 1 N–H and O–H groups in total. The Morgan fingerprint density at radius 1 is 1.20 bits per heavy atom. The molecule has 76 valence electrons. The number of aliphatic hydroxyl groups is 1. The molecule has 2 rings (SSSR count). The lowest BCUT2D eigenvalue weighted by atomic mass is 10.1. The van der Waals surface area contributed by atoms with Crippen LogP contribution in [0.5, 0.6) is 0 Å². The van der Waals surface area contributed by atoms with Gasteiger partial charge in [-0.15, -0.1) is 0 Å². The van der Waals surface area contributed by atoms with Crippen LogP contribution in [-0.4, -0.2) is 10.1 Å². The number of aromatic nitrogens is 1. The molecule has 1 aromatic carbocycles. The SMILES string of the molecule is OCc1cc(Cl)cc(-c2cccnc2)c1. The lowest BCUT2D eigenvalue weighted by Crippen LogP contribution is -1.86. The molecular formula is C12H10ClNO. The fourth-order valence-electron chi connectivity index (χ4n) is 1.44. The van der Waals surface area contributed by atoms with Crippen LogP contribution in [0.1, 0.15) is 5.56 Å². The summed E-state index contributed by atoms with van der Waals surface area (Å²) in [6.45, 7) is -0.00613. The molecule has 0 saturated carbocycles. The predicted octanol–water partition coefficient (Wildman–Crippen LogP) is 2.89. The van der Waals surface area contributed by atoms with Gasteiger partial charge in [0.25, 0.3) is 0 Å². The number of nitrogens with zero attached hydrogens (tertiary/aromatic N) is 1. The van der Waals surface area contributed by atoms with Gasteiger partial charge in [-0.25, -0.2) is 0 Å². The van der Waals surface area contributed by atoms with Gasteiger partial charge < -0.3 is 5.11 Å². The minimum absolute atomic E-state index is 0.00613. The maximum atomic E-state index is 9.06. The molecule has 0 saturated heterocycles. The summed E-state index contributed by atoms with van der Waals surface area (Å²) in [5, 5.41) is 9.68. The summed E-state index contributed by atoms with van der Waals surface area (Å²) in [5.74, 6) is 0. The Hall–Kier alpha value is -1.38. The van der Waals surface area contributed by atoms with Crippen molar-refractivity contribution in [3.8, 4) is 11.1 Å². The Morgan fingerprint density at radius 2 is 2.07 bits per heavy atom. The average molecular weight is 220 g/mol. The zero-order valence-corrected chi connectivity index (χ0v) is 8.78. The Kier molecular flexibility index (Phi) is 2.99. The number of hydrogen-bond donors (Lipinski definition) is 1. The van der Waals surface area contributed by atoms with Crippen molar-refractivity contribution in [2.24, 2.45) is 0 Å². The van der Waals surface area contributed by atoms with Crippen LogP contribution in [0.4, 0.5) is 0 Å². The monoisotopic (exact) mass is 219 g/mol. The van der Waals surface area contributed by atoms with E-state index in [9.17, 15) is 0 Å². The van der Waals surface area contributed by atoms with Crippen molar-refractivity contribution in [1.82, 2.24) is 4.98 Å². The average Bonchev–Trinajstić information content (AvgIpc) is 2.29. The normalized spacial score (nSPS) is 10.3. The first-order chi connectivity index (χ1) is 7.29. The van der Waals surface area contributed by atoms with Gasteiger partial charge in [0.05, 0.1) is 6.61 Å². The quantitative estimate of drug-likeness (QED) is 0.843. The Bertz CT molecular complexity index is 456. The minimum atomic E-state index is -0.00613. The van der Waals surface area contributed by atoms with E-state index in [1.807, 2.05) is 24.3 Å². The van der Waals surface area contributed by atoms with Crippen LogP contribution in [0.25, 0.3) is 11.1 Å². The van der Waals surface area contributed by atoms with E-state index in [1.165, 1.54) is 0 Å². The molecule has 0 aliphatic rings. The molecule has 1 heterocycles. The van der Waals surface area contributed by atoms with Crippen molar-refractivity contribution in [2.45, 2.75) is 6.61 Å². The number of pyridine rings is 1.